The number of hydrogen-bond acceptors (Lipinski definition) is 2. The van der Waals surface area contributed by atoms with Gasteiger partial charge in [0.2, 0.25) is 5.58 Å². The second kappa shape index (κ2) is 4.54. The maximum atomic E-state index is 10.6. The zero-order valence-electron chi connectivity index (χ0n) is 7.74. The van der Waals surface area contributed by atoms with Gasteiger partial charge in [0, 0.05) is 6.07 Å². The highest BCUT2D eigenvalue weighted by atomic mass is 127. The summed E-state index contributed by atoms with van der Waals surface area (Å²) in [6.07, 6.45) is 0.740. The van der Waals surface area contributed by atoms with E-state index in [0.29, 0.717) is 5.89 Å². The first-order valence-electron chi connectivity index (χ1n) is 4.23. The molecule has 0 bridgehead atoms. The number of halogens is 1. The van der Waals surface area contributed by atoms with Crippen LogP contribution in [-0.4, -0.2) is 6.29 Å². The fraction of sp³-hybridized carbons (Fsp3) is 0.200. The predicted molar refractivity (Wildman–Crippen MR) is 47.5 cm³/mol. The SMILES string of the molecule is CC[n+]1c(C=O)oc2ccccc21.[I-]. The Hall–Kier alpha value is -0.910. The lowest BCUT2D eigenvalue weighted by Crippen LogP contribution is -3.00. The summed E-state index contributed by atoms with van der Waals surface area (Å²) in [5.74, 6) is 0.378. The highest BCUT2D eigenvalue weighted by molar-refractivity contribution is 5.74. The lowest BCUT2D eigenvalue weighted by molar-refractivity contribution is -0.674. The van der Waals surface area contributed by atoms with Crippen molar-refractivity contribution in [3.05, 3.63) is 30.2 Å². The fourth-order valence-corrected chi connectivity index (χ4v) is 1.47. The summed E-state index contributed by atoms with van der Waals surface area (Å²) < 4.78 is 7.18. The summed E-state index contributed by atoms with van der Waals surface area (Å²) in [4.78, 5) is 10.6. The molecule has 0 radical (unpaired) electrons. The van der Waals surface area contributed by atoms with Crippen LogP contribution < -0.4 is 28.5 Å². The molecule has 0 atom stereocenters. The van der Waals surface area contributed by atoms with Gasteiger partial charge in [-0.15, -0.1) is 0 Å². The maximum Gasteiger partial charge on any atom is 0.415 e. The Labute approximate surface area is 98.7 Å². The van der Waals surface area contributed by atoms with Gasteiger partial charge in [0.1, 0.15) is 6.54 Å². The predicted octanol–water partition coefficient (Wildman–Crippen LogP) is -1.44. The average Bonchev–Trinajstić information content (AvgIpc) is 2.55. The second-order valence-corrected chi connectivity index (χ2v) is 2.77. The standard InChI is InChI=1S/C10H10NO2.HI/c1-2-11-8-5-3-4-6-9(8)13-10(11)7-12;/h3-7H,2H2,1H3;1H/q+1;/p-1. The van der Waals surface area contributed by atoms with Gasteiger partial charge in [-0.2, -0.15) is 4.57 Å². The molecule has 0 spiro atoms. The zero-order chi connectivity index (χ0) is 9.26. The van der Waals surface area contributed by atoms with Crippen LogP contribution in [0.2, 0.25) is 0 Å². The first kappa shape index (κ1) is 11.2. The minimum absolute atomic E-state index is 0. The maximum absolute atomic E-state index is 10.6. The molecule has 1 aromatic heterocycles. The number of rotatable bonds is 2. The van der Waals surface area contributed by atoms with Crippen LogP contribution >= 0.6 is 0 Å². The van der Waals surface area contributed by atoms with E-state index in [9.17, 15) is 4.79 Å². The molecule has 14 heavy (non-hydrogen) atoms. The third-order valence-corrected chi connectivity index (χ3v) is 2.05. The molecule has 0 aliphatic heterocycles. The van der Waals surface area contributed by atoms with Crippen LogP contribution in [0.25, 0.3) is 11.1 Å². The smallest absolute Gasteiger partial charge is 0.415 e. The Bertz CT molecular complexity index is 450. The van der Waals surface area contributed by atoms with E-state index in [0.717, 1.165) is 23.9 Å². The van der Waals surface area contributed by atoms with E-state index in [1.807, 2.05) is 35.8 Å². The Morgan fingerprint density at radius 2 is 2.14 bits per heavy atom. The number of aldehydes is 1. The van der Waals surface area contributed by atoms with E-state index in [1.165, 1.54) is 0 Å². The molecule has 2 aromatic rings. The Morgan fingerprint density at radius 1 is 1.43 bits per heavy atom. The molecule has 0 saturated carbocycles. The number of para-hydroxylation sites is 2. The van der Waals surface area contributed by atoms with Gasteiger partial charge in [-0.3, -0.25) is 4.79 Å². The van der Waals surface area contributed by atoms with Crippen molar-refractivity contribution < 1.29 is 37.8 Å². The van der Waals surface area contributed by atoms with Crippen molar-refractivity contribution in [2.24, 2.45) is 0 Å². The molecule has 4 heteroatoms. The molecule has 0 saturated heterocycles. The minimum atomic E-state index is 0. The van der Waals surface area contributed by atoms with Crippen LogP contribution in [-0.2, 0) is 6.54 Å². The molecule has 0 amide bonds. The van der Waals surface area contributed by atoms with Crippen LogP contribution in [0.3, 0.4) is 0 Å². The monoisotopic (exact) mass is 303 g/mol. The number of oxazole rings is 1. The van der Waals surface area contributed by atoms with Gasteiger partial charge in [0.15, 0.2) is 0 Å². The van der Waals surface area contributed by atoms with Gasteiger partial charge < -0.3 is 28.4 Å². The summed E-state index contributed by atoms with van der Waals surface area (Å²) in [7, 11) is 0. The van der Waals surface area contributed by atoms with Crippen LogP contribution in [0.1, 0.15) is 17.6 Å². The summed E-state index contributed by atoms with van der Waals surface area (Å²) in [5, 5.41) is 0. The molecule has 0 N–H and O–H groups in total. The van der Waals surface area contributed by atoms with E-state index >= 15 is 0 Å². The zero-order valence-corrected chi connectivity index (χ0v) is 9.89. The normalized spacial score (nSPS) is 9.79. The third kappa shape index (κ3) is 1.66. The molecule has 1 aromatic carbocycles. The van der Waals surface area contributed by atoms with Crippen molar-refractivity contribution in [1.29, 1.82) is 0 Å². The van der Waals surface area contributed by atoms with Gasteiger partial charge in [0.25, 0.3) is 11.8 Å². The first-order valence-corrected chi connectivity index (χ1v) is 4.23. The van der Waals surface area contributed by atoms with Crippen molar-refractivity contribution >= 4 is 17.4 Å². The summed E-state index contributed by atoms with van der Waals surface area (Å²) >= 11 is 0. The first-order chi connectivity index (χ1) is 6.36. The lowest BCUT2D eigenvalue weighted by Gasteiger charge is -1.85. The van der Waals surface area contributed by atoms with Gasteiger partial charge >= 0.3 is 5.89 Å². The lowest BCUT2D eigenvalue weighted by atomic mass is 10.3. The van der Waals surface area contributed by atoms with E-state index in [4.69, 9.17) is 4.42 Å². The molecule has 74 valence electrons. The minimum Gasteiger partial charge on any atom is -1.00 e. The number of benzene rings is 1. The van der Waals surface area contributed by atoms with E-state index in [2.05, 4.69) is 0 Å². The number of carbonyl (C=O) groups is 1. The van der Waals surface area contributed by atoms with Crippen molar-refractivity contribution in [2.45, 2.75) is 13.5 Å². The van der Waals surface area contributed by atoms with E-state index < -0.39 is 0 Å². The van der Waals surface area contributed by atoms with Gasteiger partial charge in [-0.1, -0.05) is 12.1 Å². The Balaban J connectivity index is 0.000000980. The summed E-state index contributed by atoms with van der Waals surface area (Å²) in [6, 6.07) is 7.61. The summed E-state index contributed by atoms with van der Waals surface area (Å²) in [6.45, 7) is 2.72. The van der Waals surface area contributed by atoms with Crippen LogP contribution in [0.15, 0.2) is 28.7 Å². The second-order valence-electron chi connectivity index (χ2n) is 2.77. The molecule has 0 aliphatic carbocycles. The quantitative estimate of drug-likeness (QED) is 0.387. The summed E-state index contributed by atoms with van der Waals surface area (Å²) in [5.41, 5.74) is 1.72. The highest BCUT2D eigenvalue weighted by Gasteiger charge is 2.18. The molecular formula is C10H10INO2. The van der Waals surface area contributed by atoms with Crippen molar-refractivity contribution in [3.63, 3.8) is 0 Å². The van der Waals surface area contributed by atoms with Crippen molar-refractivity contribution in [2.75, 3.05) is 0 Å². The number of hydrogen-bond donors (Lipinski definition) is 0. The third-order valence-electron chi connectivity index (χ3n) is 2.05. The highest BCUT2D eigenvalue weighted by Crippen LogP contribution is 2.11. The van der Waals surface area contributed by atoms with Crippen molar-refractivity contribution in [3.8, 4) is 0 Å². The van der Waals surface area contributed by atoms with E-state index in [-0.39, 0.29) is 24.0 Å². The van der Waals surface area contributed by atoms with Gasteiger partial charge in [-0.05, 0) is 13.0 Å². The van der Waals surface area contributed by atoms with Crippen LogP contribution in [0.4, 0.5) is 0 Å². The van der Waals surface area contributed by atoms with Gasteiger partial charge in [-0.25, -0.2) is 0 Å². The van der Waals surface area contributed by atoms with Crippen molar-refractivity contribution in [1.82, 2.24) is 0 Å². The molecular weight excluding hydrogens is 293 g/mol. The van der Waals surface area contributed by atoms with Crippen LogP contribution in [0, 0.1) is 0 Å². The number of nitrogens with zero attached hydrogens (tertiary/aromatic N) is 1. The largest absolute Gasteiger partial charge is 1.00 e. The average molecular weight is 303 g/mol. The number of aromatic nitrogens is 1. The molecule has 1 heterocycles. The molecule has 0 unspecified atom stereocenters. The molecule has 0 aliphatic rings. The number of aryl methyl sites for hydroxylation is 1. The number of fused-ring (bicyclic) bond motifs is 1. The molecule has 0 fully saturated rings. The fourth-order valence-electron chi connectivity index (χ4n) is 1.47. The van der Waals surface area contributed by atoms with E-state index in [1.54, 1.807) is 0 Å². The van der Waals surface area contributed by atoms with Crippen LogP contribution in [0.5, 0.6) is 0 Å². The molecule has 2 rings (SSSR count). The topological polar surface area (TPSA) is 34.1 Å². The Kier molecular flexibility index (Phi) is 3.62. The molecule has 3 nitrogen and oxygen atoms in total. The van der Waals surface area contributed by atoms with Gasteiger partial charge in [0.05, 0.1) is 0 Å². The number of carbonyl (C=O) groups excluding carboxylic acids is 1. The Morgan fingerprint density at radius 3 is 2.79 bits per heavy atom.